The van der Waals surface area contributed by atoms with E-state index >= 15 is 0 Å². The number of rotatable bonds is 12. The molecule has 0 rings (SSSR count). The average molecular weight is 302 g/mol. The van der Waals surface area contributed by atoms with Gasteiger partial charge in [0.05, 0.1) is 0 Å². The second-order valence-corrected chi connectivity index (χ2v) is 4.62. The molecule has 0 bridgehead atoms. The molecular formula is C14H24ClN3O2. The van der Waals surface area contributed by atoms with Gasteiger partial charge in [0.25, 0.3) is 5.91 Å². The van der Waals surface area contributed by atoms with E-state index in [0.29, 0.717) is 25.6 Å². The number of amides is 1. The van der Waals surface area contributed by atoms with Crippen molar-refractivity contribution < 1.29 is 9.53 Å². The number of unbranched alkanes of at least 4 members (excludes halogenated alkanes) is 1. The third kappa shape index (κ3) is 10.7. The fourth-order valence-electron chi connectivity index (χ4n) is 1.31. The number of ether oxygens (including phenoxy) is 1. The Bertz CT molecular complexity index is 327. The molecule has 0 saturated heterocycles. The number of carbonyl (C=O) groups is 1. The molecule has 0 unspecified atom stereocenters. The second kappa shape index (κ2) is 14.2. The van der Waals surface area contributed by atoms with Crippen molar-refractivity contribution in [1.82, 2.24) is 10.6 Å². The minimum Gasteiger partial charge on any atom is -0.390 e. The fraction of sp³-hybridized carbons (Fsp3) is 0.714. The Hall–Kier alpha value is -1.25. The zero-order chi connectivity index (χ0) is 15.1. The molecule has 0 fully saturated rings. The van der Waals surface area contributed by atoms with Crippen LogP contribution in [-0.4, -0.2) is 38.1 Å². The van der Waals surface area contributed by atoms with Gasteiger partial charge in [0.2, 0.25) is 0 Å². The van der Waals surface area contributed by atoms with Crippen LogP contribution in [0.2, 0.25) is 0 Å². The molecule has 0 heterocycles. The summed E-state index contributed by atoms with van der Waals surface area (Å²) in [5.74, 6) is 0.187. The Morgan fingerprint density at radius 2 is 2.05 bits per heavy atom. The van der Waals surface area contributed by atoms with Crippen LogP contribution in [0.3, 0.4) is 0 Å². The van der Waals surface area contributed by atoms with Gasteiger partial charge in [-0.05, 0) is 19.3 Å². The Kier molecular flexibility index (Phi) is 13.3. The van der Waals surface area contributed by atoms with E-state index in [1.807, 2.05) is 6.07 Å². The van der Waals surface area contributed by atoms with Gasteiger partial charge in [-0.3, -0.25) is 4.79 Å². The molecule has 0 aromatic rings. The highest BCUT2D eigenvalue weighted by Gasteiger charge is 2.07. The third-order valence-electron chi connectivity index (χ3n) is 2.46. The summed E-state index contributed by atoms with van der Waals surface area (Å²) in [6, 6.07) is 1.87. The topological polar surface area (TPSA) is 74.1 Å². The molecule has 0 aromatic heterocycles. The van der Waals surface area contributed by atoms with E-state index in [1.54, 1.807) is 0 Å². The van der Waals surface area contributed by atoms with E-state index in [2.05, 4.69) is 17.6 Å². The first-order chi connectivity index (χ1) is 9.76. The van der Waals surface area contributed by atoms with E-state index in [4.69, 9.17) is 21.6 Å². The highest BCUT2D eigenvalue weighted by molar-refractivity contribution is 6.17. The van der Waals surface area contributed by atoms with Crippen LogP contribution in [0.25, 0.3) is 0 Å². The van der Waals surface area contributed by atoms with Gasteiger partial charge < -0.3 is 15.4 Å². The number of nitrogens with zero attached hydrogens (tertiary/aromatic N) is 1. The van der Waals surface area contributed by atoms with Gasteiger partial charge in [0.15, 0.2) is 0 Å². The first kappa shape index (κ1) is 18.8. The molecule has 1 amide bonds. The molecule has 5 nitrogen and oxygen atoms in total. The van der Waals surface area contributed by atoms with Crippen LogP contribution in [-0.2, 0) is 9.53 Å². The summed E-state index contributed by atoms with van der Waals surface area (Å²) < 4.78 is 5.38. The lowest BCUT2D eigenvalue weighted by atomic mass is 10.3. The van der Waals surface area contributed by atoms with Gasteiger partial charge in [0.1, 0.15) is 11.6 Å². The summed E-state index contributed by atoms with van der Waals surface area (Å²) in [4.78, 5) is 11.7. The van der Waals surface area contributed by atoms with Crippen molar-refractivity contribution >= 4 is 17.5 Å². The monoisotopic (exact) mass is 301 g/mol. The third-order valence-corrected chi connectivity index (χ3v) is 2.73. The van der Waals surface area contributed by atoms with Crippen molar-refractivity contribution in [3.63, 3.8) is 0 Å². The lowest BCUT2D eigenvalue weighted by molar-refractivity contribution is -0.117. The van der Waals surface area contributed by atoms with Crippen LogP contribution >= 0.6 is 11.6 Å². The summed E-state index contributed by atoms with van der Waals surface area (Å²) >= 11 is 5.53. The summed E-state index contributed by atoms with van der Waals surface area (Å²) in [5.41, 5.74) is 0.0754. The minimum atomic E-state index is -0.362. The molecule has 6 heteroatoms. The minimum absolute atomic E-state index is 0.0754. The molecule has 0 aliphatic rings. The molecule has 0 radical (unpaired) electrons. The molecule has 114 valence electrons. The van der Waals surface area contributed by atoms with Crippen LogP contribution in [0.15, 0.2) is 11.8 Å². The molecule has 20 heavy (non-hydrogen) atoms. The average Bonchev–Trinajstić information content (AvgIpc) is 2.46. The number of nitriles is 1. The fourth-order valence-corrected chi connectivity index (χ4v) is 1.45. The summed E-state index contributed by atoms with van der Waals surface area (Å²) in [5, 5.41) is 14.5. The van der Waals surface area contributed by atoms with Gasteiger partial charge in [-0.15, -0.1) is 11.6 Å². The van der Waals surface area contributed by atoms with Gasteiger partial charge in [0, 0.05) is 38.4 Å². The van der Waals surface area contributed by atoms with E-state index < -0.39 is 0 Å². The molecule has 2 N–H and O–H groups in total. The predicted octanol–water partition coefficient (Wildman–Crippen LogP) is 1.94. The Labute approximate surface area is 126 Å². The van der Waals surface area contributed by atoms with Crippen molar-refractivity contribution in [3.8, 4) is 6.07 Å². The van der Waals surface area contributed by atoms with Gasteiger partial charge >= 0.3 is 0 Å². The smallest absolute Gasteiger partial charge is 0.263 e. The molecule has 0 aliphatic carbocycles. The van der Waals surface area contributed by atoms with Crippen LogP contribution in [0.1, 0.15) is 32.6 Å². The van der Waals surface area contributed by atoms with Crippen LogP contribution in [0.4, 0.5) is 0 Å². The van der Waals surface area contributed by atoms with Crippen molar-refractivity contribution in [2.24, 2.45) is 0 Å². The molecule has 0 aliphatic heterocycles. The lowest BCUT2D eigenvalue weighted by Gasteiger charge is -2.05. The van der Waals surface area contributed by atoms with E-state index in [-0.39, 0.29) is 11.5 Å². The van der Waals surface area contributed by atoms with Crippen molar-refractivity contribution in [2.75, 3.05) is 32.2 Å². The van der Waals surface area contributed by atoms with Crippen molar-refractivity contribution in [3.05, 3.63) is 11.8 Å². The first-order valence-corrected chi connectivity index (χ1v) is 7.55. The maximum atomic E-state index is 11.7. The standard InChI is InChI=1S/C14H24ClN3O2/c1-2-3-9-20-10-5-8-18-14(19)13(11-16)12-17-7-4-6-15/h12,17H,2-10H2,1H3,(H,18,19)/b13-12-. The molecule has 0 saturated carbocycles. The van der Waals surface area contributed by atoms with E-state index in [0.717, 1.165) is 32.3 Å². The van der Waals surface area contributed by atoms with Crippen molar-refractivity contribution in [1.29, 1.82) is 5.26 Å². The van der Waals surface area contributed by atoms with Crippen LogP contribution in [0, 0.1) is 11.3 Å². The molecule has 0 spiro atoms. The Morgan fingerprint density at radius 1 is 1.30 bits per heavy atom. The van der Waals surface area contributed by atoms with E-state index in [1.165, 1.54) is 6.20 Å². The number of halogens is 1. The predicted molar refractivity (Wildman–Crippen MR) is 80.4 cm³/mol. The number of alkyl halides is 1. The van der Waals surface area contributed by atoms with Crippen molar-refractivity contribution in [2.45, 2.75) is 32.6 Å². The van der Waals surface area contributed by atoms with Gasteiger partial charge in [-0.1, -0.05) is 13.3 Å². The highest BCUT2D eigenvalue weighted by atomic mass is 35.5. The van der Waals surface area contributed by atoms with Crippen LogP contribution in [0.5, 0.6) is 0 Å². The summed E-state index contributed by atoms with van der Waals surface area (Å²) in [6.07, 6.45) is 5.13. The Morgan fingerprint density at radius 3 is 2.70 bits per heavy atom. The maximum absolute atomic E-state index is 11.7. The number of hydrogen-bond donors (Lipinski definition) is 2. The zero-order valence-corrected chi connectivity index (χ0v) is 12.8. The molecular weight excluding hydrogens is 278 g/mol. The second-order valence-electron chi connectivity index (χ2n) is 4.24. The summed E-state index contributed by atoms with van der Waals surface area (Å²) in [6.45, 7) is 4.65. The van der Waals surface area contributed by atoms with Gasteiger partial charge in [-0.2, -0.15) is 5.26 Å². The summed E-state index contributed by atoms with van der Waals surface area (Å²) in [7, 11) is 0. The number of hydrogen-bond acceptors (Lipinski definition) is 4. The number of nitrogens with one attached hydrogen (secondary N) is 2. The van der Waals surface area contributed by atoms with Crippen LogP contribution < -0.4 is 10.6 Å². The van der Waals surface area contributed by atoms with Gasteiger partial charge in [-0.25, -0.2) is 0 Å². The molecule has 0 atom stereocenters. The Balaban J connectivity index is 3.74. The number of carbonyl (C=O) groups excluding carboxylic acids is 1. The highest BCUT2D eigenvalue weighted by Crippen LogP contribution is 1.93. The first-order valence-electron chi connectivity index (χ1n) is 7.01. The zero-order valence-electron chi connectivity index (χ0n) is 12.1. The normalized spacial score (nSPS) is 10.9. The SMILES string of the molecule is CCCCOCCCNC(=O)/C(C#N)=C\NCCCCl. The largest absolute Gasteiger partial charge is 0.390 e. The maximum Gasteiger partial charge on any atom is 0.263 e. The molecule has 0 aromatic carbocycles. The lowest BCUT2D eigenvalue weighted by Crippen LogP contribution is -2.27. The quantitative estimate of drug-likeness (QED) is 0.250. The van der Waals surface area contributed by atoms with E-state index in [9.17, 15) is 4.79 Å².